The number of carbonyl (C=O) groups is 3. The zero-order valence-electron chi connectivity index (χ0n) is 28.6. The number of aliphatic hydroxyl groups excluding tert-OH is 4. The molecule has 6 rings (SSSR count). The molecule has 5 aliphatic carbocycles. The molecule has 0 aromatic rings. The largest absolute Gasteiger partial charge is 0.481 e. The van der Waals surface area contributed by atoms with Crippen LogP contribution in [-0.4, -0.2) is 91.8 Å². The zero-order chi connectivity index (χ0) is 34.7. The molecule has 47 heavy (non-hydrogen) atoms. The first-order valence-electron chi connectivity index (χ1n) is 17.4. The van der Waals surface area contributed by atoms with Crippen LogP contribution in [0.2, 0.25) is 0 Å². The van der Waals surface area contributed by atoms with Crippen molar-refractivity contribution in [2.75, 3.05) is 6.61 Å². The first-order chi connectivity index (χ1) is 21.7. The van der Waals surface area contributed by atoms with E-state index >= 15 is 0 Å². The Bertz CT molecular complexity index is 1360. The third-order valence-electron chi connectivity index (χ3n) is 15.4. The van der Waals surface area contributed by atoms with Gasteiger partial charge in [0.1, 0.15) is 24.1 Å². The predicted octanol–water partition coefficient (Wildman–Crippen LogP) is 3.30. The van der Waals surface area contributed by atoms with Gasteiger partial charge >= 0.3 is 11.9 Å². The number of aliphatic carboxylic acids is 2. The van der Waals surface area contributed by atoms with Crippen molar-refractivity contribution >= 4 is 17.7 Å². The van der Waals surface area contributed by atoms with Crippen LogP contribution in [0.1, 0.15) is 99.3 Å². The number of carbonyl (C=O) groups excluding carboxylic acids is 1. The molecule has 0 radical (unpaired) electrons. The standard InChI is InChI=1S/C36H54O11/c1-31(30(44)45)15-19-18-7-8-21-33(3)11-10-23(46-29-26(41)24(39)25(40)27(47-29)28(42)43)34(4,17-37)20(33)9-12-36(21,6)35(18,5)14-13-32(19,2)22(38)16-31/h7,19-21,23-27,29,37,39-41H,8-17H2,1-6H3,(H,42,43)(H,44,45)/t19-,20+,21+,23-,24-,25-,26+,27-,29+,31-,32+,33-,34-,35+,36+/m0/s1. The number of ketones is 1. The number of rotatable bonds is 5. The van der Waals surface area contributed by atoms with Crippen molar-refractivity contribution in [2.24, 2.45) is 50.2 Å². The summed E-state index contributed by atoms with van der Waals surface area (Å²) in [6.45, 7) is 12.6. The lowest BCUT2D eigenvalue weighted by Gasteiger charge is -2.71. The van der Waals surface area contributed by atoms with Crippen molar-refractivity contribution < 1.29 is 54.5 Å². The molecule has 0 bridgehead atoms. The van der Waals surface area contributed by atoms with E-state index in [1.807, 2.05) is 13.8 Å². The van der Waals surface area contributed by atoms with Crippen molar-refractivity contribution in [3.63, 3.8) is 0 Å². The molecule has 0 spiro atoms. The monoisotopic (exact) mass is 662 g/mol. The molecule has 264 valence electrons. The fourth-order valence-electron chi connectivity index (χ4n) is 12.0. The fourth-order valence-corrected chi connectivity index (χ4v) is 12.0. The number of hydrogen-bond acceptors (Lipinski definition) is 9. The van der Waals surface area contributed by atoms with Gasteiger partial charge in [0.25, 0.3) is 0 Å². The predicted molar refractivity (Wildman–Crippen MR) is 168 cm³/mol. The van der Waals surface area contributed by atoms with E-state index in [4.69, 9.17) is 9.47 Å². The van der Waals surface area contributed by atoms with Gasteiger partial charge in [0.05, 0.1) is 18.1 Å². The van der Waals surface area contributed by atoms with Crippen LogP contribution in [0.4, 0.5) is 0 Å². The van der Waals surface area contributed by atoms with E-state index in [0.717, 1.165) is 38.5 Å². The molecular weight excluding hydrogens is 608 g/mol. The first-order valence-corrected chi connectivity index (χ1v) is 17.4. The highest BCUT2D eigenvalue weighted by Gasteiger charge is 2.70. The fraction of sp³-hybridized carbons (Fsp3) is 0.861. The van der Waals surface area contributed by atoms with Gasteiger partial charge in [-0.15, -0.1) is 0 Å². The van der Waals surface area contributed by atoms with E-state index in [2.05, 4.69) is 26.8 Å². The second-order valence-corrected chi connectivity index (χ2v) is 17.5. The molecular formula is C36H54O11. The Labute approximate surface area is 276 Å². The topological polar surface area (TPSA) is 191 Å². The Morgan fingerprint density at radius 1 is 0.915 bits per heavy atom. The molecule has 0 unspecified atom stereocenters. The highest BCUT2D eigenvalue weighted by Crippen LogP contribution is 2.75. The second-order valence-electron chi connectivity index (χ2n) is 17.5. The Kier molecular flexibility index (Phi) is 8.22. The lowest BCUT2D eigenvalue weighted by molar-refractivity contribution is -0.327. The maximum atomic E-state index is 13.6. The quantitative estimate of drug-likeness (QED) is 0.187. The molecule has 6 N–H and O–H groups in total. The van der Waals surface area contributed by atoms with Crippen LogP contribution >= 0.6 is 0 Å². The Balaban J connectivity index is 1.31. The van der Waals surface area contributed by atoms with Crippen LogP contribution in [0.5, 0.6) is 0 Å². The van der Waals surface area contributed by atoms with Crippen molar-refractivity contribution in [1.82, 2.24) is 0 Å². The lowest BCUT2D eigenvalue weighted by atomic mass is 9.33. The molecule has 4 saturated carbocycles. The van der Waals surface area contributed by atoms with Crippen molar-refractivity contribution in [3.8, 4) is 0 Å². The Hall–Kier alpha value is -1.89. The molecule has 1 saturated heterocycles. The molecule has 11 nitrogen and oxygen atoms in total. The van der Waals surface area contributed by atoms with Crippen LogP contribution in [0.25, 0.3) is 0 Å². The van der Waals surface area contributed by atoms with Gasteiger partial charge in [-0.25, -0.2) is 4.79 Å². The summed E-state index contributed by atoms with van der Waals surface area (Å²) in [6, 6.07) is 0. The molecule has 1 heterocycles. The summed E-state index contributed by atoms with van der Waals surface area (Å²) in [5, 5.41) is 61.9. The molecule has 5 fully saturated rings. The Morgan fingerprint density at radius 2 is 1.60 bits per heavy atom. The van der Waals surface area contributed by atoms with Gasteiger partial charge in [0.15, 0.2) is 12.4 Å². The summed E-state index contributed by atoms with van der Waals surface area (Å²) in [7, 11) is 0. The summed E-state index contributed by atoms with van der Waals surface area (Å²) in [6.07, 6.45) is -0.933. The molecule has 0 aromatic heterocycles. The molecule has 0 amide bonds. The van der Waals surface area contributed by atoms with Crippen LogP contribution in [0.15, 0.2) is 11.6 Å². The number of carboxylic acids is 2. The van der Waals surface area contributed by atoms with Gasteiger partial charge in [-0.1, -0.05) is 46.3 Å². The normalized spacial score (nSPS) is 54.3. The number of aliphatic hydroxyl groups is 4. The SMILES string of the molecule is C[C@@]1(C(=O)O)CC(=O)[C@]2(C)CC[C@]3(C)C(=CC[C@@H]4[C@@]5(C)CC[C@H](O[C@@H]6O[C@H](C(=O)O)[C@@H](O)[C@H](O)[C@H]6O)[C@@](C)(CO)[C@@H]5CC[C@]43C)[C@@H]2C1. The molecule has 0 aromatic carbocycles. The number of fused-ring (bicyclic) bond motifs is 7. The summed E-state index contributed by atoms with van der Waals surface area (Å²) in [5.74, 6) is -2.19. The Morgan fingerprint density at radius 3 is 2.21 bits per heavy atom. The maximum absolute atomic E-state index is 13.6. The molecule has 11 heteroatoms. The van der Waals surface area contributed by atoms with Crippen LogP contribution < -0.4 is 0 Å². The number of carboxylic acid groups (broad SMARTS) is 2. The van der Waals surface area contributed by atoms with Gasteiger partial charge < -0.3 is 40.1 Å². The van der Waals surface area contributed by atoms with Crippen LogP contribution in [-0.2, 0) is 23.9 Å². The lowest BCUT2D eigenvalue weighted by Crippen LogP contribution is -2.67. The highest BCUT2D eigenvalue weighted by atomic mass is 16.7. The maximum Gasteiger partial charge on any atom is 0.335 e. The van der Waals surface area contributed by atoms with Gasteiger partial charge in [-0.2, -0.15) is 0 Å². The van der Waals surface area contributed by atoms with Crippen molar-refractivity contribution in [1.29, 1.82) is 0 Å². The second kappa shape index (κ2) is 11.1. The summed E-state index contributed by atoms with van der Waals surface area (Å²) < 4.78 is 11.7. The van der Waals surface area contributed by atoms with E-state index in [1.165, 1.54) is 5.57 Å². The molecule has 6 aliphatic rings. The van der Waals surface area contributed by atoms with Gasteiger partial charge in [-0.3, -0.25) is 9.59 Å². The van der Waals surface area contributed by atoms with Gasteiger partial charge in [-0.05, 0) is 92.3 Å². The molecule has 15 atom stereocenters. The number of allylic oxidation sites excluding steroid dienone is 2. The van der Waals surface area contributed by atoms with E-state index in [1.54, 1.807) is 6.92 Å². The van der Waals surface area contributed by atoms with Crippen LogP contribution in [0, 0.1) is 50.2 Å². The van der Waals surface area contributed by atoms with E-state index in [0.29, 0.717) is 12.8 Å². The van der Waals surface area contributed by atoms with Crippen molar-refractivity contribution in [2.45, 2.75) is 136 Å². The van der Waals surface area contributed by atoms with Gasteiger partial charge in [0, 0.05) is 17.3 Å². The average Bonchev–Trinajstić information content (AvgIpc) is 3.00. The van der Waals surface area contributed by atoms with Crippen LogP contribution in [0.3, 0.4) is 0 Å². The van der Waals surface area contributed by atoms with E-state index < -0.39 is 65.0 Å². The minimum atomic E-state index is -1.81. The summed E-state index contributed by atoms with van der Waals surface area (Å²) in [5.41, 5.74) is -1.73. The minimum absolute atomic E-state index is 0.0160. The molecule has 1 aliphatic heterocycles. The zero-order valence-corrected chi connectivity index (χ0v) is 28.6. The van der Waals surface area contributed by atoms with E-state index in [9.17, 15) is 45.0 Å². The third-order valence-corrected chi connectivity index (χ3v) is 15.4. The van der Waals surface area contributed by atoms with Crippen molar-refractivity contribution in [3.05, 3.63) is 11.6 Å². The summed E-state index contributed by atoms with van der Waals surface area (Å²) in [4.78, 5) is 37.7. The van der Waals surface area contributed by atoms with Gasteiger partial charge in [0.2, 0.25) is 0 Å². The smallest absolute Gasteiger partial charge is 0.335 e. The third kappa shape index (κ3) is 4.62. The minimum Gasteiger partial charge on any atom is -0.481 e. The highest BCUT2D eigenvalue weighted by molar-refractivity contribution is 5.92. The number of ether oxygens (including phenoxy) is 2. The summed E-state index contributed by atoms with van der Waals surface area (Å²) >= 11 is 0. The first kappa shape index (κ1) is 35.0. The number of hydrogen-bond donors (Lipinski definition) is 6. The van der Waals surface area contributed by atoms with E-state index in [-0.39, 0.29) is 52.8 Å². The average molecular weight is 663 g/mol. The number of Topliss-reactive ketones (excluding diaryl/α,β-unsaturated/α-hetero) is 1.